The van der Waals surface area contributed by atoms with Crippen LogP contribution < -0.4 is 5.32 Å². The summed E-state index contributed by atoms with van der Waals surface area (Å²) in [4.78, 5) is 31.7. The van der Waals surface area contributed by atoms with Crippen molar-refractivity contribution in [3.05, 3.63) is 24.3 Å². The Labute approximate surface area is 153 Å². The molecule has 1 aromatic rings. The van der Waals surface area contributed by atoms with Crippen molar-refractivity contribution in [2.75, 3.05) is 45.3 Å². The fourth-order valence-corrected chi connectivity index (χ4v) is 4.13. The molecule has 3 saturated heterocycles. The summed E-state index contributed by atoms with van der Waals surface area (Å²) >= 11 is 1.65. The Morgan fingerprint density at radius 3 is 2.72 bits per heavy atom. The molecule has 136 valence electrons. The second-order valence-corrected chi connectivity index (χ2v) is 7.87. The number of nitrogens with one attached hydrogen (secondary N) is 1. The predicted octanol–water partition coefficient (Wildman–Crippen LogP) is 3.02. The molecule has 4 rings (SSSR count). The van der Waals surface area contributed by atoms with Crippen LogP contribution in [0.15, 0.2) is 29.2 Å². The first kappa shape index (κ1) is 17.9. The molecular weight excluding hydrogens is 336 g/mol. The lowest BCUT2D eigenvalue weighted by Gasteiger charge is -2.36. The Morgan fingerprint density at radius 1 is 1.20 bits per heavy atom. The molecule has 4 amide bonds. The summed E-state index contributed by atoms with van der Waals surface area (Å²) in [7, 11) is 3.55. The number of carbonyl (C=O) groups is 2. The van der Waals surface area contributed by atoms with Crippen molar-refractivity contribution in [1.82, 2.24) is 14.7 Å². The van der Waals surface area contributed by atoms with Crippen LogP contribution in [-0.4, -0.2) is 72.8 Å². The molecular formula is C18H26N4O2S. The lowest BCUT2D eigenvalue weighted by atomic mass is 9.95. The first-order valence-corrected chi connectivity index (χ1v) is 9.88. The van der Waals surface area contributed by atoms with E-state index in [1.54, 1.807) is 30.8 Å². The number of anilines is 1. The molecule has 0 saturated carbocycles. The second kappa shape index (κ2) is 7.56. The molecule has 3 aliphatic rings. The minimum Gasteiger partial charge on any atom is -0.331 e. The summed E-state index contributed by atoms with van der Waals surface area (Å²) in [6.07, 6.45) is 4.05. The third-order valence-electron chi connectivity index (χ3n) is 4.95. The molecule has 3 aliphatic heterocycles. The van der Waals surface area contributed by atoms with E-state index < -0.39 is 0 Å². The molecule has 1 N–H and O–H groups in total. The van der Waals surface area contributed by atoms with E-state index in [1.165, 1.54) is 0 Å². The third kappa shape index (κ3) is 4.03. The summed E-state index contributed by atoms with van der Waals surface area (Å²) in [5.41, 5.74) is 0.818. The lowest BCUT2D eigenvalue weighted by molar-refractivity contribution is 0.149. The Balaban J connectivity index is 1.70. The van der Waals surface area contributed by atoms with Crippen LogP contribution in [0.2, 0.25) is 0 Å². The zero-order chi connectivity index (χ0) is 18.0. The second-order valence-electron chi connectivity index (χ2n) is 6.99. The van der Waals surface area contributed by atoms with Crippen LogP contribution >= 0.6 is 11.8 Å². The van der Waals surface area contributed by atoms with E-state index in [4.69, 9.17) is 0 Å². The standard InChI is InChI=1S/C18H26N4O2S/c1-20(2)18(24)21-10-13-7-8-15(12-21)22(11-13)17(23)19-14-5-4-6-16(9-14)25-3/h4-6,9,13,15H,7-8,10-12H2,1-3H3,(H,19,23)/t13-,15+/m1/s1. The highest BCUT2D eigenvalue weighted by Gasteiger charge is 2.39. The Morgan fingerprint density at radius 2 is 2.00 bits per heavy atom. The maximum atomic E-state index is 12.8. The highest BCUT2D eigenvalue weighted by atomic mass is 32.2. The van der Waals surface area contributed by atoms with Gasteiger partial charge >= 0.3 is 12.1 Å². The van der Waals surface area contributed by atoms with E-state index >= 15 is 0 Å². The molecule has 7 heteroatoms. The van der Waals surface area contributed by atoms with Crippen LogP contribution in [-0.2, 0) is 0 Å². The van der Waals surface area contributed by atoms with E-state index in [9.17, 15) is 9.59 Å². The van der Waals surface area contributed by atoms with Crippen molar-refractivity contribution in [2.45, 2.75) is 23.8 Å². The van der Waals surface area contributed by atoms with Gasteiger partial charge < -0.3 is 20.0 Å². The molecule has 0 unspecified atom stereocenters. The first-order chi connectivity index (χ1) is 12.0. The van der Waals surface area contributed by atoms with Gasteiger partial charge in [-0.3, -0.25) is 0 Å². The van der Waals surface area contributed by atoms with E-state index in [2.05, 4.69) is 5.32 Å². The van der Waals surface area contributed by atoms with Crippen LogP contribution in [0.4, 0.5) is 15.3 Å². The number of carbonyl (C=O) groups excluding carboxylic acids is 2. The van der Waals surface area contributed by atoms with Crippen molar-refractivity contribution in [1.29, 1.82) is 0 Å². The van der Waals surface area contributed by atoms with Gasteiger partial charge in [0.1, 0.15) is 0 Å². The number of benzene rings is 1. The smallest absolute Gasteiger partial charge is 0.322 e. The highest BCUT2D eigenvalue weighted by molar-refractivity contribution is 7.98. The average molecular weight is 362 g/mol. The molecule has 3 fully saturated rings. The van der Waals surface area contributed by atoms with Gasteiger partial charge in [-0.2, -0.15) is 0 Å². The van der Waals surface area contributed by atoms with Crippen molar-refractivity contribution < 1.29 is 9.59 Å². The van der Waals surface area contributed by atoms with E-state index in [-0.39, 0.29) is 18.1 Å². The zero-order valence-corrected chi connectivity index (χ0v) is 15.9. The number of hydrogen-bond acceptors (Lipinski definition) is 3. The van der Waals surface area contributed by atoms with Crippen LogP contribution in [0.3, 0.4) is 0 Å². The maximum Gasteiger partial charge on any atom is 0.322 e. The first-order valence-electron chi connectivity index (χ1n) is 8.66. The Kier molecular flexibility index (Phi) is 5.42. The van der Waals surface area contributed by atoms with Gasteiger partial charge in [-0.05, 0) is 43.2 Å². The van der Waals surface area contributed by atoms with Crippen LogP contribution in [0.1, 0.15) is 12.8 Å². The van der Waals surface area contributed by atoms with Gasteiger partial charge in [-0.1, -0.05) is 6.07 Å². The number of amides is 4. The van der Waals surface area contributed by atoms with Crippen molar-refractivity contribution >= 4 is 29.5 Å². The fraction of sp³-hybridized carbons (Fsp3) is 0.556. The minimum atomic E-state index is -0.0629. The summed E-state index contributed by atoms with van der Waals surface area (Å²) in [6.45, 7) is 2.07. The molecule has 0 aromatic heterocycles. The van der Waals surface area contributed by atoms with Gasteiger partial charge in [0.05, 0.1) is 6.04 Å². The topological polar surface area (TPSA) is 55.9 Å². The van der Waals surface area contributed by atoms with Gasteiger partial charge in [-0.25, -0.2) is 9.59 Å². The van der Waals surface area contributed by atoms with Crippen LogP contribution in [0.5, 0.6) is 0 Å². The Hall–Kier alpha value is -1.89. The maximum absolute atomic E-state index is 12.8. The molecule has 2 bridgehead atoms. The summed E-state index contributed by atoms with van der Waals surface area (Å²) in [5.74, 6) is 0.353. The third-order valence-corrected chi connectivity index (χ3v) is 5.67. The molecule has 0 radical (unpaired) electrons. The Bertz CT molecular complexity index is 652. The zero-order valence-electron chi connectivity index (χ0n) is 15.1. The van der Waals surface area contributed by atoms with Gasteiger partial charge in [0.25, 0.3) is 0 Å². The molecule has 1 aromatic carbocycles. The van der Waals surface area contributed by atoms with Gasteiger partial charge in [0, 0.05) is 44.3 Å². The normalized spacial score (nSPS) is 22.5. The van der Waals surface area contributed by atoms with Crippen molar-refractivity contribution in [3.8, 4) is 0 Å². The minimum absolute atomic E-state index is 0.0341. The molecule has 3 heterocycles. The highest BCUT2D eigenvalue weighted by Crippen LogP contribution is 2.29. The summed E-state index contributed by atoms with van der Waals surface area (Å²) in [5, 5.41) is 3.03. The summed E-state index contributed by atoms with van der Waals surface area (Å²) < 4.78 is 0. The molecule has 25 heavy (non-hydrogen) atoms. The molecule has 0 aliphatic carbocycles. The average Bonchev–Trinajstić information content (AvgIpc) is 2.93. The predicted molar refractivity (Wildman–Crippen MR) is 101 cm³/mol. The number of nitrogens with zero attached hydrogens (tertiary/aromatic N) is 3. The molecule has 2 atom stereocenters. The van der Waals surface area contributed by atoms with Crippen LogP contribution in [0.25, 0.3) is 0 Å². The largest absolute Gasteiger partial charge is 0.331 e. The van der Waals surface area contributed by atoms with E-state index in [1.807, 2.05) is 40.3 Å². The van der Waals surface area contributed by atoms with Gasteiger partial charge in [0.15, 0.2) is 0 Å². The quantitative estimate of drug-likeness (QED) is 0.823. The fourth-order valence-electron chi connectivity index (χ4n) is 3.67. The summed E-state index contributed by atoms with van der Waals surface area (Å²) in [6, 6.07) is 7.94. The van der Waals surface area contributed by atoms with Crippen molar-refractivity contribution in [3.63, 3.8) is 0 Å². The van der Waals surface area contributed by atoms with E-state index in [0.717, 1.165) is 36.5 Å². The lowest BCUT2D eigenvalue weighted by Crippen LogP contribution is -2.50. The monoisotopic (exact) mass is 362 g/mol. The van der Waals surface area contributed by atoms with Crippen LogP contribution in [0, 0.1) is 5.92 Å². The number of rotatable bonds is 2. The number of fused-ring (bicyclic) bond motifs is 4. The number of urea groups is 2. The van der Waals surface area contributed by atoms with Gasteiger partial charge in [-0.15, -0.1) is 11.8 Å². The number of thioether (sulfide) groups is 1. The molecule has 0 spiro atoms. The van der Waals surface area contributed by atoms with E-state index in [0.29, 0.717) is 12.5 Å². The molecule has 6 nitrogen and oxygen atoms in total. The number of hydrogen-bond donors (Lipinski definition) is 1. The number of piperidine rings is 1. The van der Waals surface area contributed by atoms with Crippen molar-refractivity contribution in [2.24, 2.45) is 5.92 Å². The van der Waals surface area contributed by atoms with Gasteiger partial charge in [0.2, 0.25) is 0 Å². The SMILES string of the molecule is CSc1cccc(NC(=O)N2C[C@@H]3CC[C@H]2CN(C(=O)N(C)C)C3)c1.